The molecule has 3 rings (SSSR count). The van der Waals surface area contributed by atoms with Crippen molar-refractivity contribution in [2.75, 3.05) is 0 Å². The number of rotatable bonds is 6. The van der Waals surface area contributed by atoms with Crippen LogP contribution in [0.5, 0.6) is 0 Å². The Hall–Kier alpha value is -2.65. The molecule has 4 nitrogen and oxygen atoms in total. The smallest absolute Gasteiger partial charge is 0.207 e. The van der Waals surface area contributed by atoms with Crippen LogP contribution in [0.1, 0.15) is 22.6 Å². The molecule has 6 heteroatoms. The van der Waals surface area contributed by atoms with Crippen LogP contribution < -0.4 is 4.72 Å². The van der Waals surface area contributed by atoms with Crippen LogP contribution >= 0.6 is 11.6 Å². The average Bonchev–Trinajstić information content (AvgIpc) is 2.70. The van der Waals surface area contributed by atoms with E-state index in [9.17, 15) is 13.7 Å². The summed E-state index contributed by atoms with van der Waals surface area (Å²) in [6.45, 7) is 1.87. The van der Waals surface area contributed by atoms with Gasteiger partial charge in [0.15, 0.2) is 0 Å². The second-order valence-electron chi connectivity index (χ2n) is 6.50. The molecule has 0 fully saturated rings. The van der Waals surface area contributed by atoms with Crippen LogP contribution in [0, 0.1) is 18.3 Å². The van der Waals surface area contributed by atoms with Crippen LogP contribution in [0.25, 0.3) is 0 Å². The summed E-state index contributed by atoms with van der Waals surface area (Å²) < 4.78 is 28.3. The maximum atomic E-state index is 12.9. The highest BCUT2D eigenvalue weighted by Crippen LogP contribution is 2.38. The van der Waals surface area contributed by atoms with Crippen molar-refractivity contribution in [3.63, 3.8) is 0 Å². The van der Waals surface area contributed by atoms with Crippen molar-refractivity contribution in [3.8, 4) is 6.07 Å². The number of nitriles is 1. The zero-order valence-corrected chi connectivity index (χ0v) is 16.8. The predicted molar refractivity (Wildman–Crippen MR) is 110 cm³/mol. The SMILES string of the molecule is Cc1ccc(S(=O)(=O)NC(Cl)(C#N)C(c2ccccc2)c2ccccc2)cc1. The predicted octanol–water partition coefficient (Wildman–Crippen LogP) is 4.56. The molecule has 0 aliphatic rings. The largest absolute Gasteiger partial charge is 0.242 e. The first kappa shape index (κ1) is 20.1. The molecule has 1 N–H and O–H groups in total. The fourth-order valence-corrected chi connectivity index (χ4v) is 4.78. The van der Waals surface area contributed by atoms with Gasteiger partial charge in [0.1, 0.15) is 6.07 Å². The Kier molecular flexibility index (Phi) is 5.85. The molecule has 0 aliphatic carbocycles. The van der Waals surface area contributed by atoms with Crippen LogP contribution in [0.4, 0.5) is 0 Å². The number of hydrogen-bond donors (Lipinski definition) is 1. The third kappa shape index (κ3) is 4.26. The van der Waals surface area contributed by atoms with Gasteiger partial charge >= 0.3 is 0 Å². The summed E-state index contributed by atoms with van der Waals surface area (Å²) in [4.78, 5) is -1.86. The fourth-order valence-electron chi connectivity index (χ4n) is 3.06. The Labute approximate surface area is 170 Å². The Morgan fingerprint density at radius 2 is 1.36 bits per heavy atom. The minimum Gasteiger partial charge on any atom is -0.207 e. The highest BCUT2D eigenvalue weighted by Gasteiger charge is 2.43. The monoisotopic (exact) mass is 410 g/mol. The number of sulfonamides is 1. The normalized spacial score (nSPS) is 13.6. The summed E-state index contributed by atoms with van der Waals surface area (Å²) in [7, 11) is -4.01. The summed E-state index contributed by atoms with van der Waals surface area (Å²) in [5.41, 5.74) is 2.40. The minimum absolute atomic E-state index is 0.0539. The molecule has 3 aromatic rings. The molecule has 142 valence electrons. The van der Waals surface area contributed by atoms with Crippen molar-refractivity contribution in [3.05, 3.63) is 102 Å². The third-order valence-electron chi connectivity index (χ3n) is 4.44. The van der Waals surface area contributed by atoms with Gasteiger partial charge in [0, 0.05) is 0 Å². The lowest BCUT2D eigenvalue weighted by Crippen LogP contribution is -2.47. The van der Waals surface area contributed by atoms with E-state index in [1.807, 2.05) is 73.7 Å². The Balaban J connectivity index is 2.08. The lowest BCUT2D eigenvalue weighted by atomic mass is 9.85. The summed E-state index contributed by atoms with van der Waals surface area (Å²) in [6.07, 6.45) is 0. The molecule has 0 amide bonds. The van der Waals surface area contributed by atoms with E-state index in [0.717, 1.165) is 16.7 Å². The second-order valence-corrected chi connectivity index (χ2v) is 8.78. The molecule has 0 radical (unpaired) electrons. The van der Waals surface area contributed by atoms with Crippen LogP contribution in [0.2, 0.25) is 0 Å². The Morgan fingerprint density at radius 3 is 1.79 bits per heavy atom. The highest BCUT2D eigenvalue weighted by atomic mass is 35.5. The van der Waals surface area contributed by atoms with Crippen molar-refractivity contribution < 1.29 is 8.42 Å². The van der Waals surface area contributed by atoms with Gasteiger partial charge in [-0.3, -0.25) is 0 Å². The molecular weight excluding hydrogens is 392 g/mol. The maximum Gasteiger partial charge on any atom is 0.242 e. The Morgan fingerprint density at radius 1 is 0.893 bits per heavy atom. The van der Waals surface area contributed by atoms with Gasteiger partial charge in [0.25, 0.3) is 0 Å². The van der Waals surface area contributed by atoms with E-state index >= 15 is 0 Å². The number of hydrogen-bond acceptors (Lipinski definition) is 3. The number of nitrogens with one attached hydrogen (secondary N) is 1. The zero-order valence-electron chi connectivity index (χ0n) is 15.2. The topological polar surface area (TPSA) is 70.0 Å². The first-order chi connectivity index (χ1) is 13.4. The van der Waals surface area contributed by atoms with Crippen molar-refractivity contribution in [1.29, 1.82) is 5.26 Å². The van der Waals surface area contributed by atoms with E-state index < -0.39 is 20.9 Å². The fraction of sp³-hybridized carbons (Fsp3) is 0.136. The maximum absolute atomic E-state index is 12.9. The van der Waals surface area contributed by atoms with Gasteiger partial charge in [-0.05, 0) is 30.2 Å². The number of halogens is 1. The summed E-state index contributed by atoms with van der Waals surface area (Å²) in [6, 6.07) is 26.7. The van der Waals surface area contributed by atoms with Crippen molar-refractivity contribution in [2.24, 2.45) is 0 Å². The van der Waals surface area contributed by atoms with Gasteiger partial charge in [-0.1, -0.05) is 90.0 Å². The van der Waals surface area contributed by atoms with Gasteiger partial charge in [0.05, 0.1) is 10.8 Å². The van der Waals surface area contributed by atoms with E-state index in [-0.39, 0.29) is 4.90 Å². The molecule has 0 heterocycles. The number of alkyl halides is 1. The molecule has 1 unspecified atom stereocenters. The lowest BCUT2D eigenvalue weighted by Gasteiger charge is -2.31. The molecule has 3 aromatic carbocycles. The Bertz CT molecular complexity index is 1040. The number of aryl methyl sites for hydroxylation is 1. The second kappa shape index (κ2) is 8.15. The van der Waals surface area contributed by atoms with Crippen molar-refractivity contribution in [1.82, 2.24) is 4.72 Å². The van der Waals surface area contributed by atoms with E-state index in [2.05, 4.69) is 4.72 Å². The molecule has 28 heavy (non-hydrogen) atoms. The number of benzene rings is 3. The molecular formula is C22H19ClN2O2S. The lowest BCUT2D eigenvalue weighted by molar-refractivity contribution is 0.538. The standard InChI is InChI=1S/C22H19ClN2O2S/c1-17-12-14-20(15-13-17)28(26,27)25-22(23,16-24)21(18-8-4-2-5-9-18)19-10-6-3-7-11-19/h2-15,21,25H,1H3. The van der Waals surface area contributed by atoms with Gasteiger partial charge in [-0.15, -0.1) is 0 Å². The van der Waals surface area contributed by atoms with Gasteiger partial charge in [0.2, 0.25) is 15.0 Å². The molecule has 0 spiro atoms. The molecule has 0 aliphatic heterocycles. The van der Waals surface area contributed by atoms with Crippen LogP contribution in [-0.4, -0.2) is 13.4 Å². The molecule has 1 atom stereocenters. The van der Waals surface area contributed by atoms with E-state index in [4.69, 9.17) is 11.6 Å². The molecule has 0 aromatic heterocycles. The summed E-state index contributed by atoms with van der Waals surface area (Å²) >= 11 is 6.67. The van der Waals surface area contributed by atoms with Crippen LogP contribution in [-0.2, 0) is 10.0 Å². The quantitative estimate of drug-likeness (QED) is 0.478. The van der Waals surface area contributed by atoms with Gasteiger partial charge < -0.3 is 0 Å². The van der Waals surface area contributed by atoms with Crippen molar-refractivity contribution in [2.45, 2.75) is 22.7 Å². The van der Waals surface area contributed by atoms with E-state index in [1.165, 1.54) is 12.1 Å². The summed E-state index contributed by atoms with van der Waals surface area (Å²) in [5.74, 6) is -0.707. The van der Waals surface area contributed by atoms with Gasteiger partial charge in [-0.2, -0.15) is 9.98 Å². The van der Waals surface area contributed by atoms with Crippen LogP contribution in [0.3, 0.4) is 0 Å². The number of nitrogens with zero attached hydrogens (tertiary/aromatic N) is 1. The summed E-state index contributed by atoms with van der Waals surface area (Å²) in [5, 5.41) is 9.92. The first-order valence-corrected chi connectivity index (χ1v) is 10.5. The minimum atomic E-state index is -4.01. The highest BCUT2D eigenvalue weighted by molar-refractivity contribution is 7.89. The zero-order chi connectivity index (χ0) is 20.2. The van der Waals surface area contributed by atoms with Crippen LogP contribution in [0.15, 0.2) is 89.8 Å². The van der Waals surface area contributed by atoms with Crippen molar-refractivity contribution >= 4 is 21.6 Å². The van der Waals surface area contributed by atoms with E-state index in [0.29, 0.717) is 0 Å². The van der Waals surface area contributed by atoms with E-state index in [1.54, 1.807) is 12.1 Å². The molecule has 0 bridgehead atoms. The first-order valence-electron chi connectivity index (χ1n) is 8.66. The molecule has 0 saturated carbocycles. The molecule has 0 saturated heterocycles. The average molecular weight is 411 g/mol. The third-order valence-corrected chi connectivity index (χ3v) is 6.43. The van der Waals surface area contributed by atoms with Gasteiger partial charge in [-0.25, -0.2) is 8.42 Å².